The van der Waals surface area contributed by atoms with Crippen LogP contribution in [-0.4, -0.2) is 35.0 Å². The van der Waals surface area contributed by atoms with E-state index < -0.39 is 23.5 Å². The first-order valence-corrected chi connectivity index (χ1v) is 6.76. The SMILES string of the molecule is O=C(CN1CSCC1=O)Oc1ccccc1C(F)(F)F. The van der Waals surface area contributed by atoms with E-state index in [4.69, 9.17) is 4.74 Å². The number of amides is 1. The zero-order chi connectivity index (χ0) is 14.8. The van der Waals surface area contributed by atoms with Crippen LogP contribution in [0.4, 0.5) is 13.2 Å². The molecule has 4 nitrogen and oxygen atoms in total. The van der Waals surface area contributed by atoms with Gasteiger partial charge in [-0.15, -0.1) is 11.8 Å². The predicted octanol–water partition coefficient (Wildman–Crippen LogP) is 2.14. The monoisotopic (exact) mass is 305 g/mol. The fourth-order valence-electron chi connectivity index (χ4n) is 1.64. The van der Waals surface area contributed by atoms with E-state index in [0.29, 0.717) is 5.88 Å². The lowest BCUT2D eigenvalue weighted by atomic mass is 10.2. The summed E-state index contributed by atoms with van der Waals surface area (Å²) in [5, 5.41) is 0. The molecule has 20 heavy (non-hydrogen) atoms. The number of esters is 1. The molecule has 0 radical (unpaired) electrons. The molecule has 2 rings (SSSR count). The summed E-state index contributed by atoms with van der Waals surface area (Å²) in [6.07, 6.45) is -4.60. The van der Waals surface area contributed by atoms with Gasteiger partial charge in [0.2, 0.25) is 5.91 Å². The topological polar surface area (TPSA) is 46.6 Å². The van der Waals surface area contributed by atoms with Crippen molar-refractivity contribution in [3.05, 3.63) is 29.8 Å². The van der Waals surface area contributed by atoms with Crippen molar-refractivity contribution in [2.75, 3.05) is 18.2 Å². The van der Waals surface area contributed by atoms with Gasteiger partial charge in [0, 0.05) is 0 Å². The molecule has 1 aromatic carbocycles. The predicted molar refractivity (Wildman–Crippen MR) is 66.1 cm³/mol. The molecule has 0 aliphatic carbocycles. The zero-order valence-electron chi connectivity index (χ0n) is 10.1. The Hall–Kier alpha value is -1.70. The Morgan fingerprint density at radius 1 is 1.35 bits per heavy atom. The van der Waals surface area contributed by atoms with Crippen molar-refractivity contribution >= 4 is 23.6 Å². The molecule has 0 aromatic heterocycles. The summed E-state index contributed by atoms with van der Waals surface area (Å²) >= 11 is 1.33. The highest BCUT2D eigenvalue weighted by Crippen LogP contribution is 2.35. The number of ether oxygens (including phenoxy) is 1. The molecule has 1 aromatic rings. The highest BCUT2D eigenvalue weighted by molar-refractivity contribution is 8.00. The minimum atomic E-state index is -4.60. The number of halogens is 3. The third kappa shape index (κ3) is 3.44. The smallest absolute Gasteiger partial charge is 0.419 e. The summed E-state index contributed by atoms with van der Waals surface area (Å²) in [4.78, 5) is 24.1. The molecule has 0 N–H and O–H groups in total. The Balaban J connectivity index is 2.06. The van der Waals surface area contributed by atoms with Gasteiger partial charge in [-0.05, 0) is 12.1 Å². The van der Waals surface area contributed by atoms with Crippen molar-refractivity contribution in [1.82, 2.24) is 4.90 Å². The van der Waals surface area contributed by atoms with Crippen LogP contribution in [0.5, 0.6) is 5.75 Å². The van der Waals surface area contributed by atoms with Crippen LogP contribution < -0.4 is 4.74 Å². The lowest BCUT2D eigenvalue weighted by molar-refractivity contribution is -0.144. The third-order valence-electron chi connectivity index (χ3n) is 2.56. The second-order valence-corrected chi connectivity index (χ2v) is 4.99. The van der Waals surface area contributed by atoms with E-state index in [9.17, 15) is 22.8 Å². The van der Waals surface area contributed by atoms with E-state index in [1.165, 1.54) is 28.8 Å². The molecule has 1 heterocycles. The van der Waals surface area contributed by atoms with Crippen LogP contribution in [0.15, 0.2) is 24.3 Å². The van der Waals surface area contributed by atoms with Crippen LogP contribution in [0, 0.1) is 0 Å². The van der Waals surface area contributed by atoms with E-state index in [1.807, 2.05) is 0 Å². The van der Waals surface area contributed by atoms with E-state index in [0.717, 1.165) is 12.1 Å². The van der Waals surface area contributed by atoms with Crippen molar-refractivity contribution in [2.45, 2.75) is 6.18 Å². The number of benzene rings is 1. The van der Waals surface area contributed by atoms with E-state index >= 15 is 0 Å². The number of hydrogen-bond acceptors (Lipinski definition) is 4. The van der Waals surface area contributed by atoms with Crippen molar-refractivity contribution in [3.63, 3.8) is 0 Å². The van der Waals surface area contributed by atoms with Gasteiger partial charge in [0.1, 0.15) is 12.3 Å². The zero-order valence-corrected chi connectivity index (χ0v) is 11.0. The average Bonchev–Trinajstić information content (AvgIpc) is 2.74. The Morgan fingerprint density at radius 2 is 2.05 bits per heavy atom. The summed E-state index contributed by atoms with van der Waals surface area (Å²) in [7, 11) is 0. The molecule has 0 spiro atoms. The molecule has 1 aliphatic rings. The summed E-state index contributed by atoms with van der Waals surface area (Å²) in [6.45, 7) is -0.349. The van der Waals surface area contributed by atoms with Gasteiger partial charge in [0.05, 0.1) is 17.2 Å². The van der Waals surface area contributed by atoms with Crippen molar-refractivity contribution < 1.29 is 27.5 Å². The fourth-order valence-corrected chi connectivity index (χ4v) is 2.54. The Kier molecular flexibility index (Phi) is 4.22. The van der Waals surface area contributed by atoms with Crippen LogP contribution >= 0.6 is 11.8 Å². The Morgan fingerprint density at radius 3 is 2.65 bits per heavy atom. The standard InChI is InChI=1S/C12H10F3NO3S/c13-12(14,15)8-3-1-2-4-9(8)19-11(18)5-16-7-20-6-10(16)17/h1-4H,5-7H2. The lowest BCUT2D eigenvalue weighted by Gasteiger charge is -2.15. The van der Waals surface area contributed by atoms with Gasteiger partial charge < -0.3 is 9.64 Å². The third-order valence-corrected chi connectivity index (χ3v) is 3.51. The maximum atomic E-state index is 12.7. The van der Waals surface area contributed by atoms with Gasteiger partial charge in [-0.25, -0.2) is 4.79 Å². The molecular weight excluding hydrogens is 295 g/mol. The molecule has 1 amide bonds. The van der Waals surface area contributed by atoms with E-state index in [2.05, 4.69) is 0 Å². The number of hydrogen-bond donors (Lipinski definition) is 0. The largest absolute Gasteiger partial charge is 0.425 e. The quantitative estimate of drug-likeness (QED) is 0.634. The van der Waals surface area contributed by atoms with Crippen LogP contribution in [-0.2, 0) is 15.8 Å². The second-order valence-electron chi connectivity index (χ2n) is 4.04. The maximum Gasteiger partial charge on any atom is 0.419 e. The Labute approximate surface area is 116 Å². The minimum Gasteiger partial charge on any atom is -0.425 e. The number of carbonyl (C=O) groups excluding carboxylic acids is 2. The number of rotatable bonds is 3. The van der Waals surface area contributed by atoms with Crippen molar-refractivity contribution in [1.29, 1.82) is 0 Å². The summed E-state index contributed by atoms with van der Waals surface area (Å²) in [5.41, 5.74) is -1.02. The second kappa shape index (κ2) is 5.74. The summed E-state index contributed by atoms with van der Waals surface area (Å²) < 4.78 is 42.8. The van der Waals surface area contributed by atoms with Crippen molar-refractivity contribution in [3.8, 4) is 5.75 Å². The molecule has 108 valence electrons. The first-order chi connectivity index (χ1) is 9.38. The summed E-state index contributed by atoms with van der Waals surface area (Å²) in [5.74, 6) is -1.06. The van der Waals surface area contributed by atoms with Crippen molar-refractivity contribution in [2.24, 2.45) is 0 Å². The number of alkyl halides is 3. The van der Waals surface area contributed by atoms with Gasteiger partial charge in [-0.3, -0.25) is 4.79 Å². The number of para-hydroxylation sites is 1. The van der Waals surface area contributed by atoms with Crippen LogP contribution in [0.3, 0.4) is 0 Å². The number of thioether (sulfide) groups is 1. The van der Waals surface area contributed by atoms with Crippen LogP contribution in [0.25, 0.3) is 0 Å². The molecule has 0 atom stereocenters. The van der Waals surface area contributed by atoms with Gasteiger partial charge in [-0.2, -0.15) is 13.2 Å². The number of carbonyl (C=O) groups is 2. The molecule has 0 bridgehead atoms. The highest BCUT2D eigenvalue weighted by atomic mass is 32.2. The van der Waals surface area contributed by atoms with E-state index in [1.54, 1.807) is 0 Å². The highest BCUT2D eigenvalue weighted by Gasteiger charge is 2.35. The minimum absolute atomic E-state index is 0.226. The molecule has 1 saturated heterocycles. The Bertz CT molecular complexity index is 533. The summed E-state index contributed by atoms with van der Waals surface area (Å²) in [6, 6.07) is 4.45. The van der Waals surface area contributed by atoms with Gasteiger partial charge in [0.15, 0.2) is 0 Å². The first kappa shape index (κ1) is 14.7. The van der Waals surface area contributed by atoms with Crippen LogP contribution in [0.1, 0.15) is 5.56 Å². The normalized spacial score (nSPS) is 15.6. The molecular formula is C12H10F3NO3S. The first-order valence-electron chi connectivity index (χ1n) is 5.60. The van der Waals surface area contributed by atoms with Gasteiger partial charge in [-0.1, -0.05) is 12.1 Å². The molecule has 1 aliphatic heterocycles. The number of nitrogens with zero attached hydrogens (tertiary/aromatic N) is 1. The molecule has 0 saturated carbocycles. The average molecular weight is 305 g/mol. The van der Waals surface area contributed by atoms with E-state index in [-0.39, 0.29) is 18.2 Å². The maximum absolute atomic E-state index is 12.7. The molecule has 1 fully saturated rings. The van der Waals surface area contributed by atoms with Gasteiger partial charge in [0.25, 0.3) is 0 Å². The van der Waals surface area contributed by atoms with Crippen LogP contribution in [0.2, 0.25) is 0 Å². The molecule has 8 heteroatoms. The molecule has 0 unspecified atom stereocenters. The van der Waals surface area contributed by atoms with Gasteiger partial charge >= 0.3 is 12.1 Å². The fraction of sp³-hybridized carbons (Fsp3) is 0.333. The lowest BCUT2D eigenvalue weighted by Crippen LogP contribution is -2.33.